The summed E-state index contributed by atoms with van der Waals surface area (Å²) in [5.74, 6) is 0.0465. The molecule has 0 aliphatic carbocycles. The van der Waals surface area contributed by atoms with E-state index in [1.54, 1.807) is 6.08 Å². The Morgan fingerprint density at radius 3 is 1.06 bits per heavy atom. The minimum Gasteiger partial charge on any atom is -0.378 e. The van der Waals surface area contributed by atoms with Crippen molar-refractivity contribution < 1.29 is 4.79 Å². The summed E-state index contributed by atoms with van der Waals surface area (Å²) in [6.07, 6.45) is 3.79. The topological polar surface area (TPSA) is 26.8 Å². The molecule has 0 bridgehead atoms. The van der Waals surface area contributed by atoms with Crippen molar-refractivity contribution in [2.75, 3.05) is 57.0 Å². The van der Waals surface area contributed by atoms with Crippen LogP contribution in [0, 0.1) is 5.41 Å². The molecule has 3 aromatic rings. The van der Waals surface area contributed by atoms with Gasteiger partial charge in [-0.25, -0.2) is 0 Å². The molecule has 4 nitrogen and oxygen atoms in total. The Kier molecular flexibility index (Phi) is 7.98. The Morgan fingerprint density at radius 1 is 0.556 bits per heavy atom. The lowest BCUT2D eigenvalue weighted by molar-refractivity contribution is -0.117. The molecule has 0 amide bonds. The van der Waals surface area contributed by atoms with E-state index in [0.717, 1.165) is 33.8 Å². The zero-order valence-electron chi connectivity index (χ0n) is 23.3. The summed E-state index contributed by atoms with van der Waals surface area (Å²) >= 11 is 0. The molecule has 4 heteroatoms. The molecule has 0 aromatic heterocycles. The predicted octanol–water partition coefficient (Wildman–Crippen LogP) is 6.39. The third-order valence-corrected chi connectivity index (χ3v) is 6.55. The van der Waals surface area contributed by atoms with Gasteiger partial charge in [-0.15, -0.1) is 0 Å². The van der Waals surface area contributed by atoms with Gasteiger partial charge >= 0.3 is 0 Å². The maximum absolute atomic E-state index is 14.5. The van der Waals surface area contributed by atoms with E-state index in [1.165, 1.54) is 0 Å². The molecule has 190 valence electrons. The second-order valence-electron chi connectivity index (χ2n) is 11.1. The number of nitrogens with zero attached hydrogens (tertiary/aromatic N) is 3. The monoisotopic (exact) mass is 483 g/mol. The number of carbonyl (C=O) groups is 1. The third-order valence-electron chi connectivity index (χ3n) is 6.55. The van der Waals surface area contributed by atoms with Gasteiger partial charge in [-0.2, -0.15) is 0 Å². The zero-order valence-corrected chi connectivity index (χ0v) is 23.3. The Bertz CT molecular complexity index is 1050. The van der Waals surface area contributed by atoms with E-state index in [-0.39, 0.29) is 11.2 Å². The first kappa shape index (κ1) is 27.1. The average molecular weight is 484 g/mol. The number of ketones is 1. The van der Waals surface area contributed by atoms with Crippen molar-refractivity contribution in [3.8, 4) is 0 Å². The zero-order chi connectivity index (χ0) is 26.7. The van der Waals surface area contributed by atoms with Crippen molar-refractivity contribution in [3.63, 3.8) is 0 Å². The molecule has 0 aliphatic heterocycles. The summed E-state index contributed by atoms with van der Waals surface area (Å²) in [5.41, 5.74) is 5.04. The molecule has 0 aliphatic rings. The van der Waals surface area contributed by atoms with Gasteiger partial charge in [-0.05, 0) is 64.6 Å². The highest BCUT2D eigenvalue weighted by atomic mass is 16.1. The van der Waals surface area contributed by atoms with E-state index in [4.69, 9.17) is 0 Å². The lowest BCUT2D eigenvalue weighted by Gasteiger charge is -2.35. The van der Waals surface area contributed by atoms with E-state index >= 15 is 0 Å². The summed E-state index contributed by atoms with van der Waals surface area (Å²) in [7, 11) is 12.2. The van der Waals surface area contributed by atoms with E-state index in [0.29, 0.717) is 0 Å². The van der Waals surface area contributed by atoms with Gasteiger partial charge in [-0.1, -0.05) is 63.2 Å². The summed E-state index contributed by atoms with van der Waals surface area (Å²) in [6, 6.07) is 25.1. The Balaban J connectivity index is 2.37. The van der Waals surface area contributed by atoms with Crippen LogP contribution in [-0.2, 0) is 10.2 Å². The van der Waals surface area contributed by atoms with Crippen LogP contribution in [0.25, 0.3) is 0 Å². The Morgan fingerprint density at radius 2 is 0.833 bits per heavy atom. The predicted molar refractivity (Wildman–Crippen MR) is 156 cm³/mol. The fourth-order valence-electron chi connectivity index (χ4n) is 4.41. The summed E-state index contributed by atoms with van der Waals surface area (Å²) in [4.78, 5) is 20.7. The molecule has 0 saturated carbocycles. The number of benzene rings is 3. The van der Waals surface area contributed by atoms with Crippen LogP contribution in [0.3, 0.4) is 0 Å². The number of rotatable bonds is 8. The molecule has 0 unspecified atom stereocenters. The average Bonchev–Trinajstić information content (AvgIpc) is 2.83. The van der Waals surface area contributed by atoms with Crippen LogP contribution >= 0.6 is 0 Å². The first-order chi connectivity index (χ1) is 16.9. The van der Waals surface area contributed by atoms with Gasteiger partial charge in [0.1, 0.15) is 5.41 Å². The van der Waals surface area contributed by atoms with Crippen molar-refractivity contribution in [2.45, 2.75) is 26.2 Å². The summed E-state index contributed by atoms with van der Waals surface area (Å²) in [6.45, 7) is 6.34. The highest BCUT2D eigenvalue weighted by molar-refractivity contribution is 6.05. The molecular formula is C32H41N3O. The molecule has 0 radical (unpaired) electrons. The molecule has 36 heavy (non-hydrogen) atoms. The van der Waals surface area contributed by atoms with Gasteiger partial charge in [0.25, 0.3) is 0 Å². The molecule has 0 heterocycles. The van der Waals surface area contributed by atoms with E-state index < -0.39 is 5.41 Å². The quantitative estimate of drug-likeness (QED) is 0.274. The molecule has 0 N–H and O–H groups in total. The SMILES string of the molecule is CN(C)c1ccc(C(C(=O)/C=C/C(C)(C)C)(c2ccc(N(C)C)cc2)c2ccc(N(C)C)cc2)cc1. The van der Waals surface area contributed by atoms with Crippen molar-refractivity contribution >= 4 is 22.8 Å². The molecule has 0 atom stereocenters. The van der Waals surface area contributed by atoms with E-state index in [9.17, 15) is 4.79 Å². The minimum atomic E-state index is -0.984. The molecule has 0 spiro atoms. The van der Waals surface area contributed by atoms with Crippen molar-refractivity contribution in [1.29, 1.82) is 0 Å². The van der Waals surface area contributed by atoms with Crippen molar-refractivity contribution in [2.24, 2.45) is 5.41 Å². The normalized spacial score (nSPS) is 12.0. The smallest absolute Gasteiger partial charge is 0.174 e. The second-order valence-corrected chi connectivity index (χ2v) is 11.1. The van der Waals surface area contributed by atoms with Crippen LogP contribution in [-0.4, -0.2) is 48.1 Å². The van der Waals surface area contributed by atoms with Gasteiger partial charge in [0.05, 0.1) is 0 Å². The van der Waals surface area contributed by atoms with Gasteiger partial charge in [0, 0.05) is 59.3 Å². The number of allylic oxidation sites excluding steroid dienone is 2. The fourth-order valence-corrected chi connectivity index (χ4v) is 4.41. The van der Waals surface area contributed by atoms with Crippen LogP contribution in [0.5, 0.6) is 0 Å². The molecule has 0 saturated heterocycles. The minimum absolute atomic E-state index is 0.0465. The molecule has 3 rings (SSSR count). The number of carbonyl (C=O) groups excluding carboxylic acids is 1. The van der Waals surface area contributed by atoms with Crippen LogP contribution in [0.4, 0.5) is 17.1 Å². The first-order valence-electron chi connectivity index (χ1n) is 12.4. The maximum Gasteiger partial charge on any atom is 0.174 e. The van der Waals surface area contributed by atoms with Crippen LogP contribution in [0.15, 0.2) is 84.9 Å². The number of anilines is 3. The first-order valence-corrected chi connectivity index (χ1v) is 12.4. The highest BCUT2D eigenvalue weighted by Crippen LogP contribution is 2.42. The molecular weight excluding hydrogens is 442 g/mol. The van der Waals surface area contributed by atoms with E-state index in [1.807, 2.05) is 48.4 Å². The van der Waals surface area contributed by atoms with Crippen molar-refractivity contribution in [1.82, 2.24) is 0 Å². The second kappa shape index (κ2) is 10.6. The Hall–Kier alpha value is -3.53. The van der Waals surface area contributed by atoms with Crippen LogP contribution < -0.4 is 14.7 Å². The van der Waals surface area contributed by atoms with E-state index in [2.05, 4.69) is 108 Å². The highest BCUT2D eigenvalue weighted by Gasteiger charge is 2.42. The van der Waals surface area contributed by atoms with Crippen LogP contribution in [0.1, 0.15) is 37.5 Å². The fraction of sp³-hybridized carbons (Fsp3) is 0.344. The standard InChI is InChI=1S/C32H41N3O/c1-31(2,3)23-22-30(36)32(24-10-16-27(17-11-24)33(4)5,25-12-18-28(19-13-25)34(6)7)26-14-20-29(21-15-26)35(8)9/h10-23H,1-9H3/b23-22+. The third kappa shape index (κ3) is 5.64. The molecule has 0 fully saturated rings. The van der Waals surface area contributed by atoms with Crippen molar-refractivity contribution in [3.05, 3.63) is 102 Å². The van der Waals surface area contributed by atoms with Gasteiger partial charge in [-0.3, -0.25) is 4.79 Å². The Labute approximate surface area is 217 Å². The van der Waals surface area contributed by atoms with Crippen LogP contribution in [0.2, 0.25) is 0 Å². The summed E-state index contributed by atoms with van der Waals surface area (Å²) in [5, 5.41) is 0. The van der Waals surface area contributed by atoms with Gasteiger partial charge < -0.3 is 14.7 Å². The van der Waals surface area contributed by atoms with Gasteiger partial charge in [0.15, 0.2) is 5.78 Å². The maximum atomic E-state index is 14.5. The van der Waals surface area contributed by atoms with Gasteiger partial charge in [0.2, 0.25) is 0 Å². The number of hydrogen-bond donors (Lipinski definition) is 0. The lowest BCUT2D eigenvalue weighted by atomic mass is 9.66. The largest absolute Gasteiger partial charge is 0.378 e. The molecule has 3 aromatic carbocycles. The lowest BCUT2D eigenvalue weighted by Crippen LogP contribution is -2.38. The number of hydrogen-bond acceptors (Lipinski definition) is 4. The summed E-state index contributed by atoms with van der Waals surface area (Å²) < 4.78 is 0.